The zero-order valence-corrected chi connectivity index (χ0v) is 18.5. The van der Waals surface area contributed by atoms with Gasteiger partial charge in [0.15, 0.2) is 17.3 Å². The second-order valence-corrected chi connectivity index (χ2v) is 7.35. The Balaban J connectivity index is 1.87. The number of nitrogens with zero attached hydrogens (tertiary/aromatic N) is 1. The molecule has 0 fully saturated rings. The van der Waals surface area contributed by atoms with Crippen molar-refractivity contribution in [2.75, 3.05) is 14.2 Å². The normalized spacial score (nSPS) is 10.7. The zero-order valence-electron chi connectivity index (χ0n) is 18.5. The van der Waals surface area contributed by atoms with Gasteiger partial charge in [-0.2, -0.15) is 0 Å². The molecule has 0 saturated carbocycles. The Morgan fingerprint density at radius 3 is 2.29 bits per heavy atom. The fourth-order valence-electron chi connectivity index (χ4n) is 3.41. The quantitative estimate of drug-likeness (QED) is 0.226. The molecule has 0 aliphatic carbocycles. The molecule has 0 N–H and O–H groups in total. The van der Waals surface area contributed by atoms with Crippen molar-refractivity contribution >= 4 is 22.6 Å². The van der Waals surface area contributed by atoms with E-state index in [0.29, 0.717) is 22.6 Å². The van der Waals surface area contributed by atoms with Gasteiger partial charge in [-0.3, -0.25) is 14.9 Å². The predicted octanol–water partition coefficient (Wildman–Crippen LogP) is 4.91. The Morgan fingerprint density at radius 2 is 1.65 bits per heavy atom. The Kier molecular flexibility index (Phi) is 6.01. The summed E-state index contributed by atoms with van der Waals surface area (Å²) in [4.78, 5) is 36.5. The molecule has 0 aliphatic rings. The van der Waals surface area contributed by atoms with Crippen LogP contribution in [0.15, 0.2) is 69.9 Å². The summed E-state index contributed by atoms with van der Waals surface area (Å²) in [7, 11) is 2.96. The lowest BCUT2D eigenvalue weighted by molar-refractivity contribution is -0.384. The monoisotopic (exact) mass is 461 g/mol. The van der Waals surface area contributed by atoms with Gasteiger partial charge in [-0.05, 0) is 55.0 Å². The molecule has 0 bridgehead atoms. The predicted molar refractivity (Wildman–Crippen MR) is 124 cm³/mol. The molecule has 4 aromatic rings. The van der Waals surface area contributed by atoms with Gasteiger partial charge in [0, 0.05) is 17.7 Å². The molecule has 9 nitrogen and oxygen atoms in total. The molecule has 0 spiro atoms. The fraction of sp³-hybridized carbons (Fsp3) is 0.120. The van der Waals surface area contributed by atoms with Crippen LogP contribution in [0.1, 0.15) is 15.9 Å². The van der Waals surface area contributed by atoms with Gasteiger partial charge in [-0.15, -0.1) is 0 Å². The molecule has 0 atom stereocenters. The summed E-state index contributed by atoms with van der Waals surface area (Å²) in [5, 5.41) is 11.1. The fourth-order valence-corrected chi connectivity index (χ4v) is 3.41. The summed E-state index contributed by atoms with van der Waals surface area (Å²) in [6, 6.07) is 14.8. The van der Waals surface area contributed by atoms with Crippen LogP contribution in [-0.2, 0) is 0 Å². The van der Waals surface area contributed by atoms with Gasteiger partial charge in [0.1, 0.15) is 5.58 Å². The number of fused-ring (bicyclic) bond motifs is 1. The third kappa shape index (κ3) is 4.18. The Bertz CT molecular complexity index is 1470. The van der Waals surface area contributed by atoms with Gasteiger partial charge in [-0.1, -0.05) is 6.07 Å². The number of rotatable bonds is 6. The number of nitro groups is 1. The van der Waals surface area contributed by atoms with E-state index in [9.17, 15) is 19.7 Å². The molecule has 0 amide bonds. The average molecular weight is 461 g/mol. The first-order valence-corrected chi connectivity index (χ1v) is 10.1. The molecule has 1 heterocycles. The average Bonchev–Trinajstić information content (AvgIpc) is 2.84. The molecule has 9 heteroatoms. The summed E-state index contributed by atoms with van der Waals surface area (Å²) in [6.07, 6.45) is 0. The topological polar surface area (TPSA) is 118 Å². The Labute approximate surface area is 193 Å². The second-order valence-electron chi connectivity index (χ2n) is 7.35. The van der Waals surface area contributed by atoms with Gasteiger partial charge in [0.05, 0.1) is 30.1 Å². The van der Waals surface area contributed by atoms with E-state index in [4.69, 9.17) is 18.6 Å². The number of carbonyl (C=O) groups is 1. The first-order valence-electron chi connectivity index (χ1n) is 10.1. The van der Waals surface area contributed by atoms with E-state index < -0.39 is 16.3 Å². The maximum atomic E-state index is 13.3. The second kappa shape index (κ2) is 9.07. The number of aryl methyl sites for hydroxylation is 1. The number of methoxy groups -OCH3 is 2. The van der Waals surface area contributed by atoms with E-state index in [1.165, 1.54) is 38.5 Å². The minimum absolute atomic E-state index is 0.0271. The first-order chi connectivity index (χ1) is 16.3. The van der Waals surface area contributed by atoms with Crippen LogP contribution >= 0.6 is 0 Å². The minimum Gasteiger partial charge on any atom is -0.493 e. The lowest BCUT2D eigenvalue weighted by atomic mass is 10.1. The van der Waals surface area contributed by atoms with Crippen LogP contribution in [0.5, 0.6) is 17.2 Å². The summed E-state index contributed by atoms with van der Waals surface area (Å²) in [6.45, 7) is 1.86. The van der Waals surface area contributed by atoms with Gasteiger partial charge < -0.3 is 18.6 Å². The van der Waals surface area contributed by atoms with Crippen molar-refractivity contribution in [3.05, 3.63) is 92.1 Å². The van der Waals surface area contributed by atoms with Crippen LogP contribution in [0.4, 0.5) is 5.69 Å². The largest absolute Gasteiger partial charge is 0.493 e. The van der Waals surface area contributed by atoms with Crippen molar-refractivity contribution in [3.8, 4) is 28.6 Å². The third-order valence-corrected chi connectivity index (χ3v) is 5.16. The van der Waals surface area contributed by atoms with Gasteiger partial charge in [0.2, 0.25) is 11.2 Å². The molecule has 0 radical (unpaired) electrons. The molecule has 4 rings (SSSR count). The van der Waals surface area contributed by atoms with Crippen LogP contribution in [-0.4, -0.2) is 25.1 Å². The molecule has 3 aromatic carbocycles. The van der Waals surface area contributed by atoms with Gasteiger partial charge >= 0.3 is 5.97 Å². The van der Waals surface area contributed by atoms with E-state index >= 15 is 0 Å². The number of hydrogen-bond acceptors (Lipinski definition) is 8. The zero-order chi connectivity index (χ0) is 24.4. The molecular weight excluding hydrogens is 442 g/mol. The van der Waals surface area contributed by atoms with Crippen molar-refractivity contribution in [3.63, 3.8) is 0 Å². The number of non-ortho nitro benzene ring substituents is 1. The Hall–Kier alpha value is -4.66. The minimum atomic E-state index is -0.865. The van der Waals surface area contributed by atoms with Gasteiger partial charge in [-0.25, -0.2) is 4.79 Å². The third-order valence-electron chi connectivity index (χ3n) is 5.16. The molecule has 0 unspecified atom stereocenters. The van der Waals surface area contributed by atoms with E-state index in [2.05, 4.69) is 0 Å². The first kappa shape index (κ1) is 22.5. The van der Waals surface area contributed by atoms with E-state index in [0.717, 1.165) is 5.56 Å². The highest BCUT2D eigenvalue weighted by molar-refractivity contribution is 5.93. The van der Waals surface area contributed by atoms with E-state index in [1.807, 2.05) is 6.92 Å². The number of ether oxygens (including phenoxy) is 3. The Morgan fingerprint density at radius 1 is 0.941 bits per heavy atom. The summed E-state index contributed by atoms with van der Waals surface area (Å²) < 4.78 is 22.2. The summed E-state index contributed by atoms with van der Waals surface area (Å²) in [5.74, 6) is -0.295. The van der Waals surface area contributed by atoms with Crippen molar-refractivity contribution < 1.29 is 28.3 Å². The lowest BCUT2D eigenvalue weighted by Gasteiger charge is -2.13. The molecule has 0 aliphatic heterocycles. The molecular formula is C25H19NO8. The number of nitro benzene ring substituents is 1. The maximum absolute atomic E-state index is 13.3. The van der Waals surface area contributed by atoms with Crippen molar-refractivity contribution in [2.24, 2.45) is 0 Å². The van der Waals surface area contributed by atoms with Crippen molar-refractivity contribution in [2.45, 2.75) is 6.92 Å². The van der Waals surface area contributed by atoms with Crippen molar-refractivity contribution in [1.82, 2.24) is 0 Å². The standard InChI is InChI=1S/C25H19NO8/c1-14-4-10-18-20(12-14)33-23(16-7-11-19(31-2)21(13-16)32-3)24(22(18)27)34-25(28)15-5-8-17(9-6-15)26(29)30/h4-13H,1-3H3. The van der Waals surface area contributed by atoms with Crippen LogP contribution in [0.3, 0.4) is 0 Å². The van der Waals surface area contributed by atoms with Crippen molar-refractivity contribution in [1.29, 1.82) is 0 Å². The smallest absolute Gasteiger partial charge is 0.343 e. The number of benzene rings is 3. The number of carbonyl (C=O) groups excluding carboxylic acids is 1. The summed E-state index contributed by atoms with van der Waals surface area (Å²) >= 11 is 0. The highest BCUT2D eigenvalue weighted by atomic mass is 16.6. The highest BCUT2D eigenvalue weighted by Crippen LogP contribution is 2.37. The number of hydrogen-bond donors (Lipinski definition) is 0. The SMILES string of the molecule is COc1ccc(-c2oc3cc(C)ccc3c(=O)c2OC(=O)c2ccc([N+](=O)[O-])cc2)cc1OC. The van der Waals surface area contributed by atoms with Gasteiger partial charge in [0.25, 0.3) is 5.69 Å². The molecule has 172 valence electrons. The lowest BCUT2D eigenvalue weighted by Crippen LogP contribution is -2.16. The molecule has 34 heavy (non-hydrogen) atoms. The highest BCUT2D eigenvalue weighted by Gasteiger charge is 2.23. The molecule has 1 aromatic heterocycles. The van der Waals surface area contributed by atoms with Crippen LogP contribution < -0.4 is 19.6 Å². The van der Waals surface area contributed by atoms with E-state index in [1.54, 1.807) is 36.4 Å². The van der Waals surface area contributed by atoms with Crippen LogP contribution in [0.25, 0.3) is 22.3 Å². The van der Waals surface area contributed by atoms with E-state index in [-0.39, 0.29) is 28.1 Å². The van der Waals surface area contributed by atoms with Crippen LogP contribution in [0.2, 0.25) is 0 Å². The van der Waals surface area contributed by atoms with Crippen LogP contribution in [0, 0.1) is 17.0 Å². The molecule has 0 saturated heterocycles. The maximum Gasteiger partial charge on any atom is 0.343 e. The number of esters is 1. The summed E-state index contributed by atoms with van der Waals surface area (Å²) in [5.41, 5.74) is 0.941.